The Labute approximate surface area is 112 Å². The highest BCUT2D eigenvalue weighted by atomic mass is 35.5. The lowest BCUT2D eigenvalue weighted by atomic mass is 9.87. The second-order valence-corrected chi connectivity index (χ2v) is 5.97. The van der Waals surface area contributed by atoms with E-state index in [1.54, 1.807) is 6.07 Å². The van der Waals surface area contributed by atoms with E-state index in [9.17, 15) is 4.39 Å². The highest BCUT2D eigenvalue weighted by Gasteiger charge is 2.25. The monoisotopic (exact) mass is 268 g/mol. The maximum atomic E-state index is 13.4. The maximum Gasteiger partial charge on any atom is 0.125 e. The van der Waals surface area contributed by atoms with Crippen molar-refractivity contribution < 1.29 is 4.39 Å². The van der Waals surface area contributed by atoms with Crippen LogP contribution in [0.5, 0.6) is 0 Å². The summed E-state index contributed by atoms with van der Waals surface area (Å²) < 4.78 is 15.5. The maximum absolute atomic E-state index is 13.4. The number of alkyl halides is 1. The van der Waals surface area contributed by atoms with E-state index in [-0.39, 0.29) is 17.3 Å². The standard InChI is InChI=1S/C14H18ClFN2/c1-9(14(2,3)4)18-12-7-10(16)5-6-11(12)17-13(18)8-15/h5-7,9H,8H2,1-4H3. The Bertz CT molecular complexity index is 569. The minimum Gasteiger partial charge on any atom is -0.324 e. The third kappa shape index (κ3) is 2.24. The van der Waals surface area contributed by atoms with Gasteiger partial charge in [-0.1, -0.05) is 20.8 Å². The van der Waals surface area contributed by atoms with E-state index in [4.69, 9.17) is 11.6 Å². The molecule has 1 aromatic heterocycles. The molecule has 2 rings (SSSR count). The van der Waals surface area contributed by atoms with Crippen LogP contribution in [0.4, 0.5) is 4.39 Å². The lowest BCUT2D eigenvalue weighted by Crippen LogP contribution is -2.23. The van der Waals surface area contributed by atoms with Crippen LogP contribution in [0.25, 0.3) is 11.0 Å². The molecule has 0 amide bonds. The van der Waals surface area contributed by atoms with E-state index >= 15 is 0 Å². The van der Waals surface area contributed by atoms with Gasteiger partial charge in [-0.05, 0) is 30.5 Å². The Morgan fingerprint density at radius 1 is 1.39 bits per heavy atom. The van der Waals surface area contributed by atoms with Crippen LogP contribution >= 0.6 is 11.6 Å². The number of aromatic nitrogens is 2. The zero-order valence-corrected chi connectivity index (χ0v) is 11.9. The average molecular weight is 269 g/mol. The lowest BCUT2D eigenvalue weighted by Gasteiger charge is -2.30. The number of benzene rings is 1. The number of hydrogen-bond donors (Lipinski definition) is 0. The fourth-order valence-electron chi connectivity index (χ4n) is 2.03. The third-order valence-corrected chi connectivity index (χ3v) is 3.72. The van der Waals surface area contributed by atoms with E-state index in [0.29, 0.717) is 5.88 Å². The summed E-state index contributed by atoms with van der Waals surface area (Å²) in [5.74, 6) is 0.877. The highest BCUT2D eigenvalue weighted by Crippen LogP contribution is 2.34. The van der Waals surface area contributed by atoms with Gasteiger partial charge in [0, 0.05) is 6.04 Å². The molecule has 2 aromatic rings. The van der Waals surface area contributed by atoms with Crippen LogP contribution in [-0.4, -0.2) is 9.55 Å². The van der Waals surface area contributed by atoms with Gasteiger partial charge < -0.3 is 4.57 Å². The van der Waals surface area contributed by atoms with Crippen molar-refractivity contribution in [1.82, 2.24) is 9.55 Å². The summed E-state index contributed by atoms with van der Waals surface area (Å²) in [7, 11) is 0. The normalized spacial score (nSPS) is 14.1. The molecular formula is C14H18ClFN2. The van der Waals surface area contributed by atoms with E-state index in [1.165, 1.54) is 12.1 Å². The van der Waals surface area contributed by atoms with Gasteiger partial charge in [0.05, 0.1) is 16.9 Å². The molecule has 0 radical (unpaired) electrons. The average Bonchev–Trinajstić information content (AvgIpc) is 2.64. The number of nitrogens with zero attached hydrogens (tertiary/aromatic N) is 2. The van der Waals surface area contributed by atoms with E-state index < -0.39 is 0 Å². The molecule has 98 valence electrons. The summed E-state index contributed by atoms with van der Waals surface area (Å²) in [5, 5.41) is 0. The molecular weight excluding hydrogens is 251 g/mol. The van der Waals surface area contributed by atoms with Crippen LogP contribution in [-0.2, 0) is 5.88 Å². The van der Waals surface area contributed by atoms with Crippen molar-refractivity contribution >= 4 is 22.6 Å². The van der Waals surface area contributed by atoms with Crippen LogP contribution in [0.1, 0.15) is 39.6 Å². The SMILES string of the molecule is CC(n1c(CCl)nc2ccc(F)cc21)C(C)(C)C. The first-order valence-electron chi connectivity index (χ1n) is 6.07. The zero-order chi connectivity index (χ0) is 13.5. The first kappa shape index (κ1) is 13.3. The Kier molecular flexibility index (Phi) is 3.37. The van der Waals surface area contributed by atoms with E-state index in [1.807, 2.05) is 4.57 Å². The van der Waals surface area contributed by atoms with Crippen LogP contribution in [0.2, 0.25) is 0 Å². The van der Waals surface area contributed by atoms with Crippen molar-refractivity contribution in [1.29, 1.82) is 0 Å². The first-order chi connectivity index (χ1) is 8.34. The molecule has 0 aliphatic carbocycles. The molecule has 0 saturated carbocycles. The van der Waals surface area contributed by atoms with Crippen LogP contribution in [0, 0.1) is 11.2 Å². The lowest BCUT2D eigenvalue weighted by molar-refractivity contribution is 0.263. The fraction of sp³-hybridized carbons (Fsp3) is 0.500. The molecule has 1 heterocycles. The smallest absolute Gasteiger partial charge is 0.125 e. The number of rotatable bonds is 2. The molecule has 2 nitrogen and oxygen atoms in total. The van der Waals surface area contributed by atoms with Crippen molar-refractivity contribution in [3.8, 4) is 0 Å². The van der Waals surface area contributed by atoms with E-state index in [0.717, 1.165) is 16.9 Å². The van der Waals surface area contributed by atoms with Crippen LogP contribution < -0.4 is 0 Å². The number of halogens is 2. The van der Waals surface area contributed by atoms with Gasteiger partial charge in [0.15, 0.2) is 0 Å². The summed E-state index contributed by atoms with van der Waals surface area (Å²) in [6, 6.07) is 4.85. The predicted octanol–water partition coefficient (Wildman–Crippen LogP) is 4.52. The fourth-order valence-corrected chi connectivity index (χ4v) is 2.22. The van der Waals surface area contributed by atoms with Crippen LogP contribution in [0.3, 0.4) is 0 Å². The van der Waals surface area contributed by atoms with Gasteiger partial charge in [-0.25, -0.2) is 9.37 Å². The number of fused-ring (bicyclic) bond motifs is 1. The highest BCUT2D eigenvalue weighted by molar-refractivity contribution is 6.16. The van der Waals surface area contributed by atoms with E-state index in [2.05, 4.69) is 32.7 Å². The minimum atomic E-state index is -0.245. The van der Waals surface area contributed by atoms with Gasteiger partial charge in [-0.3, -0.25) is 0 Å². The van der Waals surface area contributed by atoms with Gasteiger partial charge in [0.25, 0.3) is 0 Å². The second kappa shape index (κ2) is 4.54. The van der Waals surface area contributed by atoms with Crippen molar-refractivity contribution in [2.75, 3.05) is 0 Å². The predicted molar refractivity (Wildman–Crippen MR) is 73.4 cm³/mol. The molecule has 0 spiro atoms. The third-order valence-electron chi connectivity index (χ3n) is 3.48. The number of hydrogen-bond acceptors (Lipinski definition) is 1. The molecule has 0 aliphatic rings. The zero-order valence-electron chi connectivity index (χ0n) is 11.2. The topological polar surface area (TPSA) is 17.8 Å². The Hall–Kier alpha value is -1.09. The van der Waals surface area contributed by atoms with Gasteiger partial charge >= 0.3 is 0 Å². The number of imidazole rings is 1. The second-order valence-electron chi connectivity index (χ2n) is 5.71. The van der Waals surface area contributed by atoms with Gasteiger partial charge in [0.2, 0.25) is 0 Å². The molecule has 0 bridgehead atoms. The molecule has 4 heteroatoms. The molecule has 0 fully saturated rings. The van der Waals surface area contributed by atoms with Crippen molar-refractivity contribution in [3.63, 3.8) is 0 Å². The summed E-state index contributed by atoms with van der Waals surface area (Å²) in [4.78, 5) is 4.47. The molecule has 1 atom stereocenters. The Morgan fingerprint density at radius 2 is 2.06 bits per heavy atom. The van der Waals surface area contributed by atoms with Crippen molar-refractivity contribution in [2.45, 2.75) is 39.6 Å². The molecule has 1 aromatic carbocycles. The summed E-state index contributed by atoms with van der Waals surface area (Å²) >= 11 is 5.96. The first-order valence-corrected chi connectivity index (χ1v) is 6.60. The van der Waals surface area contributed by atoms with Gasteiger partial charge in [-0.2, -0.15) is 0 Å². The Morgan fingerprint density at radius 3 is 2.61 bits per heavy atom. The summed E-state index contributed by atoms with van der Waals surface area (Å²) in [6.45, 7) is 8.57. The molecule has 1 unspecified atom stereocenters. The van der Waals surface area contributed by atoms with Crippen LogP contribution in [0.15, 0.2) is 18.2 Å². The molecule has 0 N–H and O–H groups in total. The van der Waals surface area contributed by atoms with Crippen molar-refractivity contribution in [3.05, 3.63) is 29.8 Å². The van der Waals surface area contributed by atoms with Crippen molar-refractivity contribution in [2.24, 2.45) is 5.41 Å². The molecule has 0 saturated heterocycles. The molecule has 0 aliphatic heterocycles. The quantitative estimate of drug-likeness (QED) is 0.732. The summed E-state index contributed by atoms with van der Waals surface area (Å²) in [5.41, 5.74) is 1.66. The van der Waals surface area contributed by atoms with Gasteiger partial charge in [0.1, 0.15) is 11.6 Å². The van der Waals surface area contributed by atoms with Gasteiger partial charge in [-0.15, -0.1) is 11.6 Å². The largest absolute Gasteiger partial charge is 0.324 e. The Balaban J connectivity index is 2.70. The molecule has 18 heavy (non-hydrogen) atoms. The minimum absolute atomic E-state index is 0.0563. The summed E-state index contributed by atoms with van der Waals surface area (Å²) in [6.07, 6.45) is 0.